The molecule has 0 unspecified atom stereocenters. The molecule has 0 aliphatic heterocycles. The summed E-state index contributed by atoms with van der Waals surface area (Å²) in [5.41, 5.74) is 5.44. The van der Waals surface area contributed by atoms with Crippen LogP contribution >= 0.6 is 15.9 Å². The van der Waals surface area contributed by atoms with Crippen molar-refractivity contribution >= 4 is 27.6 Å². The minimum absolute atomic E-state index is 0.102. The summed E-state index contributed by atoms with van der Waals surface area (Å²) in [4.78, 5) is 14.8. The molecule has 0 saturated carbocycles. The number of carboxylic acids is 1. The number of rotatable bonds is 2. The molecule has 0 bridgehead atoms. The smallest absolute Gasteiger partial charge is 0.358 e. The predicted octanol–water partition coefficient (Wildman–Crippen LogP) is 1.31. The minimum Gasteiger partial charge on any atom is -0.476 e. The Labute approximate surface area is 98.8 Å². The van der Waals surface area contributed by atoms with Crippen molar-refractivity contribution in [1.82, 2.24) is 14.8 Å². The summed E-state index contributed by atoms with van der Waals surface area (Å²) in [5, 5.41) is 12.6. The third-order valence-corrected chi connectivity index (χ3v) is 2.52. The lowest BCUT2D eigenvalue weighted by Gasteiger charge is -2.01. The van der Waals surface area contributed by atoms with Crippen molar-refractivity contribution in [2.24, 2.45) is 0 Å². The van der Waals surface area contributed by atoms with E-state index in [0.717, 1.165) is 0 Å². The van der Waals surface area contributed by atoms with Crippen LogP contribution in [0.1, 0.15) is 10.5 Å². The largest absolute Gasteiger partial charge is 0.476 e. The highest BCUT2D eigenvalue weighted by Crippen LogP contribution is 2.19. The van der Waals surface area contributed by atoms with E-state index in [4.69, 9.17) is 10.8 Å². The van der Waals surface area contributed by atoms with Crippen LogP contribution in [0, 0.1) is 0 Å². The van der Waals surface area contributed by atoms with Crippen molar-refractivity contribution in [3.05, 3.63) is 34.7 Å². The molecule has 0 saturated heterocycles. The molecule has 0 aromatic carbocycles. The van der Waals surface area contributed by atoms with Crippen molar-refractivity contribution in [2.75, 3.05) is 5.73 Å². The molecular weight excluding hydrogens is 276 g/mol. The van der Waals surface area contributed by atoms with E-state index in [2.05, 4.69) is 26.0 Å². The third-order valence-electron chi connectivity index (χ3n) is 1.90. The van der Waals surface area contributed by atoms with Gasteiger partial charge in [-0.1, -0.05) is 0 Å². The topological polar surface area (TPSA) is 94.0 Å². The second-order valence-electron chi connectivity index (χ2n) is 2.99. The quantitative estimate of drug-likeness (QED) is 0.866. The zero-order valence-electron chi connectivity index (χ0n) is 7.96. The number of nitrogens with two attached hydrogens (primary N) is 1. The number of carboxylic acid groups (broad SMARTS) is 1. The van der Waals surface area contributed by atoms with Crippen molar-refractivity contribution in [2.45, 2.75) is 0 Å². The zero-order chi connectivity index (χ0) is 11.7. The molecule has 2 aromatic heterocycles. The Balaban J connectivity index is 2.54. The Morgan fingerprint density at radius 1 is 1.56 bits per heavy atom. The Bertz CT molecular complexity index is 552. The van der Waals surface area contributed by atoms with Crippen LogP contribution in [0.15, 0.2) is 29.0 Å². The number of hydrogen-bond donors (Lipinski definition) is 2. The predicted molar refractivity (Wildman–Crippen MR) is 60.4 cm³/mol. The molecule has 0 aliphatic rings. The van der Waals surface area contributed by atoms with Crippen molar-refractivity contribution in [1.29, 1.82) is 0 Å². The van der Waals surface area contributed by atoms with Crippen LogP contribution in [0.3, 0.4) is 0 Å². The molecule has 0 aliphatic carbocycles. The first-order valence-electron chi connectivity index (χ1n) is 4.29. The van der Waals surface area contributed by atoms with Crippen LogP contribution < -0.4 is 5.73 Å². The van der Waals surface area contributed by atoms with Crippen LogP contribution in [-0.4, -0.2) is 25.8 Å². The lowest BCUT2D eigenvalue weighted by atomic mass is 10.4. The second kappa shape index (κ2) is 3.93. The van der Waals surface area contributed by atoms with E-state index in [1.807, 2.05) is 0 Å². The molecule has 2 heterocycles. The average molecular weight is 283 g/mol. The zero-order valence-corrected chi connectivity index (χ0v) is 9.55. The molecule has 0 atom stereocenters. The third kappa shape index (κ3) is 1.76. The van der Waals surface area contributed by atoms with Gasteiger partial charge in [-0.25, -0.2) is 14.5 Å². The van der Waals surface area contributed by atoms with Gasteiger partial charge in [-0.3, -0.25) is 0 Å². The summed E-state index contributed by atoms with van der Waals surface area (Å²) in [5.74, 6) is -0.676. The minimum atomic E-state index is -1.16. The molecule has 3 N–H and O–H groups in total. The SMILES string of the molecule is Nc1cn(-c2ncccc2Br)nc1C(=O)O. The number of aromatic carboxylic acids is 1. The molecule has 0 spiro atoms. The van der Waals surface area contributed by atoms with E-state index in [-0.39, 0.29) is 11.4 Å². The molecule has 2 rings (SSSR count). The first-order valence-corrected chi connectivity index (χ1v) is 5.08. The fourth-order valence-corrected chi connectivity index (χ4v) is 1.64. The summed E-state index contributed by atoms with van der Waals surface area (Å²) < 4.78 is 2.03. The number of hydrogen-bond acceptors (Lipinski definition) is 4. The van der Waals surface area contributed by atoms with Crippen molar-refractivity contribution < 1.29 is 9.90 Å². The van der Waals surface area contributed by atoms with E-state index >= 15 is 0 Å². The van der Waals surface area contributed by atoms with Gasteiger partial charge in [-0.05, 0) is 28.1 Å². The Morgan fingerprint density at radius 2 is 2.31 bits per heavy atom. The maximum Gasteiger partial charge on any atom is 0.358 e. The van der Waals surface area contributed by atoms with Crippen molar-refractivity contribution in [3.63, 3.8) is 0 Å². The molecule has 2 aromatic rings. The molecule has 0 radical (unpaired) electrons. The Kier molecular flexibility index (Phi) is 2.61. The maximum atomic E-state index is 10.8. The lowest BCUT2D eigenvalue weighted by Crippen LogP contribution is -2.03. The van der Waals surface area contributed by atoms with Gasteiger partial charge < -0.3 is 10.8 Å². The number of nitrogen functional groups attached to an aromatic ring is 1. The first kappa shape index (κ1) is 10.6. The number of nitrogens with zero attached hydrogens (tertiary/aromatic N) is 3. The van der Waals surface area contributed by atoms with Gasteiger partial charge in [0.1, 0.15) is 0 Å². The highest BCUT2D eigenvalue weighted by Gasteiger charge is 2.15. The fourth-order valence-electron chi connectivity index (χ4n) is 1.21. The number of anilines is 1. The first-order chi connectivity index (χ1) is 7.59. The van der Waals surface area contributed by atoms with Crippen LogP contribution in [-0.2, 0) is 0 Å². The summed E-state index contributed by atoms with van der Waals surface area (Å²) in [7, 11) is 0. The van der Waals surface area contributed by atoms with E-state index in [0.29, 0.717) is 10.3 Å². The molecule has 0 fully saturated rings. The van der Waals surface area contributed by atoms with Gasteiger partial charge in [0.05, 0.1) is 16.4 Å². The van der Waals surface area contributed by atoms with Crippen LogP contribution in [0.4, 0.5) is 5.69 Å². The standard InChI is InChI=1S/C9H7BrN4O2/c10-5-2-1-3-12-8(5)14-4-6(11)7(13-14)9(15)16/h1-4H,11H2,(H,15,16). The highest BCUT2D eigenvalue weighted by molar-refractivity contribution is 9.10. The van der Waals surface area contributed by atoms with Gasteiger partial charge in [0.2, 0.25) is 0 Å². The number of halogens is 1. The summed E-state index contributed by atoms with van der Waals surface area (Å²) in [6.45, 7) is 0. The van der Waals surface area contributed by atoms with E-state index in [1.165, 1.54) is 10.9 Å². The van der Waals surface area contributed by atoms with Crippen LogP contribution in [0.25, 0.3) is 5.82 Å². The molecule has 0 amide bonds. The number of aromatic nitrogens is 3. The summed E-state index contributed by atoms with van der Waals surface area (Å²) in [6.07, 6.45) is 2.99. The number of carbonyl (C=O) groups is 1. The van der Waals surface area contributed by atoms with Crippen LogP contribution in [0.2, 0.25) is 0 Å². The van der Waals surface area contributed by atoms with Gasteiger partial charge in [0.15, 0.2) is 11.5 Å². The Morgan fingerprint density at radius 3 is 2.88 bits per heavy atom. The Hall–Kier alpha value is -1.89. The molecule has 82 valence electrons. The van der Waals surface area contributed by atoms with Gasteiger partial charge in [0, 0.05) is 6.20 Å². The lowest BCUT2D eigenvalue weighted by molar-refractivity contribution is 0.0691. The van der Waals surface area contributed by atoms with Gasteiger partial charge in [-0.2, -0.15) is 5.10 Å². The van der Waals surface area contributed by atoms with Gasteiger partial charge in [0.25, 0.3) is 0 Å². The van der Waals surface area contributed by atoms with Crippen LogP contribution in [0.5, 0.6) is 0 Å². The summed E-state index contributed by atoms with van der Waals surface area (Å²) in [6, 6.07) is 3.53. The van der Waals surface area contributed by atoms with Crippen molar-refractivity contribution in [3.8, 4) is 5.82 Å². The molecular formula is C9H7BrN4O2. The van der Waals surface area contributed by atoms with Gasteiger partial charge in [-0.15, -0.1) is 0 Å². The highest BCUT2D eigenvalue weighted by atomic mass is 79.9. The van der Waals surface area contributed by atoms with Gasteiger partial charge >= 0.3 is 5.97 Å². The molecule has 7 heteroatoms. The van der Waals surface area contributed by atoms with E-state index < -0.39 is 5.97 Å². The normalized spacial score (nSPS) is 10.3. The maximum absolute atomic E-state index is 10.8. The van der Waals surface area contributed by atoms with E-state index in [1.54, 1.807) is 18.3 Å². The average Bonchev–Trinajstić information content (AvgIpc) is 2.61. The monoisotopic (exact) mass is 282 g/mol. The van der Waals surface area contributed by atoms with E-state index in [9.17, 15) is 4.79 Å². The number of pyridine rings is 1. The molecule has 6 nitrogen and oxygen atoms in total. The summed E-state index contributed by atoms with van der Waals surface area (Å²) >= 11 is 3.29. The second-order valence-corrected chi connectivity index (χ2v) is 3.85. The molecule has 16 heavy (non-hydrogen) atoms. The fraction of sp³-hybridized carbons (Fsp3) is 0.